The van der Waals surface area contributed by atoms with Gasteiger partial charge in [0.05, 0.1) is 53.3 Å². The molecule has 1 aromatic carbocycles. The second-order valence-electron chi connectivity index (χ2n) is 12.3. The first kappa shape index (κ1) is 35.7. The number of hydrogen-bond donors (Lipinski definition) is 1. The van der Waals surface area contributed by atoms with Crippen LogP contribution in [0.15, 0.2) is 24.3 Å². The number of fused-ring (bicyclic) bond motifs is 1. The standard InChI is InChI=1S/C29H32F9N7O2/c1-16-20(29(36,37)38)13-22-24(39-16)21(6-5-8-44(22)9-7-26(2,3)14-23(46)47)45(25-40-42-43(4)41-25)15-17-10-18(27(30,31)32)12-19(11-17)28(33,34)35/h10-13,21H,5-9,14-15H2,1-4H3,(H,46,47). The molecule has 4 rings (SSSR count). The summed E-state index contributed by atoms with van der Waals surface area (Å²) in [6.45, 7) is 4.33. The summed E-state index contributed by atoms with van der Waals surface area (Å²) in [5.74, 6) is -1.23. The van der Waals surface area contributed by atoms with E-state index in [1.54, 1.807) is 18.7 Å². The van der Waals surface area contributed by atoms with Crippen molar-refractivity contribution < 1.29 is 49.4 Å². The number of tetrazole rings is 1. The van der Waals surface area contributed by atoms with E-state index >= 15 is 0 Å². The number of halogens is 9. The molecular formula is C29H32F9N7O2. The summed E-state index contributed by atoms with van der Waals surface area (Å²) < 4.78 is 124. The highest BCUT2D eigenvalue weighted by Gasteiger charge is 2.40. The van der Waals surface area contributed by atoms with Crippen molar-refractivity contribution in [3.05, 3.63) is 57.9 Å². The van der Waals surface area contributed by atoms with Crippen molar-refractivity contribution in [3.8, 4) is 0 Å². The predicted octanol–water partition coefficient (Wildman–Crippen LogP) is 7.21. The molecule has 0 saturated carbocycles. The number of hydrogen-bond acceptors (Lipinski definition) is 7. The number of pyridine rings is 1. The van der Waals surface area contributed by atoms with Crippen LogP contribution in [-0.4, -0.2) is 49.4 Å². The number of carboxylic acids is 1. The van der Waals surface area contributed by atoms with Gasteiger partial charge in [-0.3, -0.25) is 9.78 Å². The number of carboxylic acid groups (broad SMARTS) is 1. The van der Waals surface area contributed by atoms with E-state index < -0.39 is 64.8 Å². The minimum Gasteiger partial charge on any atom is -0.481 e. The van der Waals surface area contributed by atoms with Crippen LogP contribution in [0.1, 0.15) is 79.2 Å². The van der Waals surface area contributed by atoms with Crippen LogP contribution in [0, 0.1) is 12.3 Å². The lowest BCUT2D eigenvalue weighted by atomic mass is 9.85. The highest BCUT2D eigenvalue weighted by Crippen LogP contribution is 2.43. The molecule has 0 aliphatic carbocycles. The molecule has 1 N–H and O–H groups in total. The second-order valence-corrected chi connectivity index (χ2v) is 12.3. The summed E-state index contributed by atoms with van der Waals surface area (Å²) >= 11 is 0. The first-order valence-corrected chi connectivity index (χ1v) is 14.4. The summed E-state index contributed by atoms with van der Waals surface area (Å²) in [5.41, 5.74) is -5.48. The van der Waals surface area contributed by atoms with E-state index in [0.29, 0.717) is 18.6 Å². The van der Waals surface area contributed by atoms with E-state index in [-0.39, 0.29) is 61.4 Å². The fraction of sp³-hybridized carbons (Fsp3) is 0.552. The SMILES string of the molecule is Cc1nc2c(cc1C(F)(F)F)N(CCC(C)(C)CC(=O)O)CCCC2N(Cc1cc(C(F)(F)F)cc(C(F)(F)F)c1)c1nnn(C)n1. The van der Waals surface area contributed by atoms with Crippen molar-refractivity contribution in [1.82, 2.24) is 25.2 Å². The number of nitrogens with zero attached hydrogens (tertiary/aromatic N) is 7. The lowest BCUT2D eigenvalue weighted by Gasteiger charge is -2.33. The smallest absolute Gasteiger partial charge is 0.418 e. The highest BCUT2D eigenvalue weighted by molar-refractivity contribution is 5.67. The Balaban J connectivity index is 1.87. The Morgan fingerprint density at radius 1 is 0.979 bits per heavy atom. The monoisotopic (exact) mass is 681 g/mol. The van der Waals surface area contributed by atoms with Gasteiger partial charge in [-0.1, -0.05) is 18.9 Å². The topological polar surface area (TPSA) is 100 Å². The van der Waals surface area contributed by atoms with E-state index in [0.717, 1.165) is 17.8 Å². The Morgan fingerprint density at radius 2 is 1.60 bits per heavy atom. The number of benzene rings is 1. The maximum atomic E-state index is 14.1. The van der Waals surface area contributed by atoms with Gasteiger partial charge in [-0.15, -0.1) is 5.10 Å². The van der Waals surface area contributed by atoms with Crippen LogP contribution in [0.2, 0.25) is 0 Å². The predicted molar refractivity (Wildman–Crippen MR) is 150 cm³/mol. The van der Waals surface area contributed by atoms with Crippen LogP contribution in [0.4, 0.5) is 51.1 Å². The summed E-state index contributed by atoms with van der Waals surface area (Å²) in [5, 5.41) is 21.1. The van der Waals surface area contributed by atoms with E-state index in [2.05, 4.69) is 20.4 Å². The molecule has 0 fully saturated rings. The van der Waals surface area contributed by atoms with Crippen LogP contribution >= 0.6 is 0 Å². The molecule has 1 aliphatic heterocycles. The van der Waals surface area contributed by atoms with Gasteiger partial charge in [0, 0.05) is 19.6 Å². The zero-order valence-electron chi connectivity index (χ0n) is 25.7. The van der Waals surface area contributed by atoms with Crippen LogP contribution < -0.4 is 9.80 Å². The van der Waals surface area contributed by atoms with Crippen molar-refractivity contribution in [3.63, 3.8) is 0 Å². The zero-order valence-corrected chi connectivity index (χ0v) is 25.7. The fourth-order valence-corrected chi connectivity index (χ4v) is 5.62. The summed E-state index contributed by atoms with van der Waals surface area (Å²) in [7, 11) is 1.39. The molecule has 18 heteroatoms. The summed E-state index contributed by atoms with van der Waals surface area (Å²) in [6.07, 6.45) is -14.5. The van der Waals surface area contributed by atoms with Gasteiger partial charge < -0.3 is 14.9 Å². The van der Waals surface area contributed by atoms with Crippen LogP contribution in [-0.2, 0) is 36.9 Å². The average molecular weight is 682 g/mol. The fourth-order valence-electron chi connectivity index (χ4n) is 5.62. The summed E-state index contributed by atoms with van der Waals surface area (Å²) in [4.78, 5) is 19.7. The number of aryl methyl sites for hydroxylation is 2. The van der Waals surface area contributed by atoms with Gasteiger partial charge in [0.25, 0.3) is 5.95 Å². The molecule has 1 unspecified atom stereocenters. The molecule has 1 aliphatic rings. The molecule has 0 bridgehead atoms. The second kappa shape index (κ2) is 12.8. The molecule has 3 heterocycles. The van der Waals surface area contributed by atoms with Crippen molar-refractivity contribution in [2.24, 2.45) is 12.5 Å². The first-order chi connectivity index (χ1) is 21.5. The quantitative estimate of drug-likeness (QED) is 0.237. The van der Waals surface area contributed by atoms with Crippen molar-refractivity contribution in [2.45, 2.75) is 77.6 Å². The number of anilines is 2. The third-order valence-electron chi connectivity index (χ3n) is 7.91. The van der Waals surface area contributed by atoms with Gasteiger partial charge in [-0.25, -0.2) is 0 Å². The van der Waals surface area contributed by atoms with E-state index in [1.807, 2.05) is 0 Å². The van der Waals surface area contributed by atoms with Gasteiger partial charge in [0.2, 0.25) is 0 Å². The Labute approximate surface area is 263 Å². The Morgan fingerprint density at radius 3 is 2.11 bits per heavy atom. The van der Waals surface area contributed by atoms with Crippen molar-refractivity contribution in [2.75, 3.05) is 22.9 Å². The number of aliphatic carboxylic acids is 1. The van der Waals surface area contributed by atoms with Gasteiger partial charge in [-0.2, -0.15) is 44.3 Å². The average Bonchev–Trinajstić information content (AvgIpc) is 3.27. The Bertz CT molecular complexity index is 1570. The molecule has 0 radical (unpaired) electrons. The summed E-state index contributed by atoms with van der Waals surface area (Å²) in [6, 6.07) is 1.06. The largest absolute Gasteiger partial charge is 0.481 e. The van der Waals surface area contributed by atoms with Crippen LogP contribution in [0.25, 0.3) is 0 Å². The molecule has 0 spiro atoms. The maximum Gasteiger partial charge on any atom is 0.418 e. The van der Waals surface area contributed by atoms with Gasteiger partial charge in [-0.05, 0) is 66.6 Å². The molecule has 0 saturated heterocycles. The number of aromatic nitrogens is 5. The number of alkyl halides is 9. The number of rotatable bonds is 9. The third-order valence-corrected chi connectivity index (χ3v) is 7.91. The Hall–Kier alpha value is -4.12. The van der Waals surface area contributed by atoms with E-state index in [9.17, 15) is 49.4 Å². The zero-order chi connectivity index (χ0) is 35.1. The van der Waals surface area contributed by atoms with Crippen LogP contribution in [0.5, 0.6) is 0 Å². The maximum absolute atomic E-state index is 14.1. The molecule has 1 atom stereocenters. The first-order valence-electron chi connectivity index (χ1n) is 14.4. The third kappa shape index (κ3) is 8.62. The normalized spacial score (nSPS) is 16.2. The van der Waals surface area contributed by atoms with Crippen LogP contribution in [0.3, 0.4) is 0 Å². The van der Waals surface area contributed by atoms with Crippen molar-refractivity contribution in [1.29, 1.82) is 0 Å². The lowest BCUT2D eigenvalue weighted by Crippen LogP contribution is -2.32. The van der Waals surface area contributed by atoms with Gasteiger partial charge >= 0.3 is 24.5 Å². The molecular weight excluding hydrogens is 649 g/mol. The molecule has 258 valence electrons. The Kier molecular flexibility index (Phi) is 9.75. The van der Waals surface area contributed by atoms with E-state index in [4.69, 9.17) is 0 Å². The molecule has 47 heavy (non-hydrogen) atoms. The highest BCUT2D eigenvalue weighted by atomic mass is 19.4. The molecule has 9 nitrogen and oxygen atoms in total. The minimum atomic E-state index is -5.11. The van der Waals surface area contributed by atoms with Crippen molar-refractivity contribution >= 4 is 17.6 Å². The molecule has 2 aromatic heterocycles. The molecule has 0 amide bonds. The van der Waals surface area contributed by atoms with E-state index in [1.165, 1.54) is 11.9 Å². The lowest BCUT2D eigenvalue weighted by molar-refractivity contribution is -0.143. The molecule has 3 aromatic rings. The van der Waals surface area contributed by atoms with Gasteiger partial charge in [0.15, 0.2) is 0 Å². The minimum absolute atomic E-state index is 0.00265. The van der Waals surface area contributed by atoms with Gasteiger partial charge in [0.1, 0.15) is 0 Å². The number of carbonyl (C=O) groups is 1.